The largest absolute Gasteiger partial charge is 0.481 e. The lowest BCUT2D eigenvalue weighted by atomic mass is 9.98. The third-order valence-corrected chi connectivity index (χ3v) is 6.66. The number of fused-ring (bicyclic) bond motifs is 3. The summed E-state index contributed by atoms with van der Waals surface area (Å²) in [7, 11) is 0. The van der Waals surface area contributed by atoms with Gasteiger partial charge in [-0.05, 0) is 54.9 Å². The zero-order valence-electron chi connectivity index (χ0n) is 18.8. The van der Waals surface area contributed by atoms with E-state index >= 15 is 0 Å². The third-order valence-electron chi connectivity index (χ3n) is 6.66. The van der Waals surface area contributed by atoms with E-state index in [9.17, 15) is 14.4 Å². The van der Waals surface area contributed by atoms with Gasteiger partial charge in [-0.25, -0.2) is 4.79 Å². The highest BCUT2D eigenvalue weighted by Gasteiger charge is 2.50. The average Bonchev–Trinajstić information content (AvgIpc) is 3.53. The fourth-order valence-electron chi connectivity index (χ4n) is 4.53. The molecule has 2 amide bonds. The fourth-order valence-corrected chi connectivity index (χ4v) is 4.53. The first-order chi connectivity index (χ1) is 15.9. The standard InChI is InChI=1S/C26H30N2O5/c1-17(7-6-12-23(29)30)28-24(31)26(13-14-26)16-27-25(32)33-15-22-20-10-4-2-8-18(20)19-9-3-5-11-21(19)22/h2-5,8-11,17,22H,6-7,12-16H2,1H3,(H,27,32)(H,28,31)(H,29,30). The normalized spacial score (nSPS) is 16.3. The molecule has 1 fully saturated rings. The summed E-state index contributed by atoms with van der Waals surface area (Å²) in [6, 6.07) is 16.2. The lowest BCUT2D eigenvalue weighted by Gasteiger charge is -2.20. The van der Waals surface area contributed by atoms with Gasteiger partial charge in [0.05, 0.1) is 5.41 Å². The fraction of sp³-hybridized carbons (Fsp3) is 0.423. The summed E-state index contributed by atoms with van der Waals surface area (Å²) >= 11 is 0. The second-order valence-corrected chi connectivity index (χ2v) is 9.12. The van der Waals surface area contributed by atoms with E-state index in [1.54, 1.807) is 0 Å². The van der Waals surface area contributed by atoms with E-state index in [1.807, 2.05) is 31.2 Å². The van der Waals surface area contributed by atoms with Crippen LogP contribution in [0.15, 0.2) is 48.5 Å². The molecule has 3 N–H and O–H groups in total. The highest BCUT2D eigenvalue weighted by Crippen LogP contribution is 2.46. The molecule has 0 radical (unpaired) electrons. The van der Waals surface area contributed by atoms with E-state index in [1.165, 1.54) is 11.1 Å². The monoisotopic (exact) mass is 450 g/mol. The van der Waals surface area contributed by atoms with Crippen LogP contribution in [-0.2, 0) is 14.3 Å². The lowest BCUT2D eigenvalue weighted by Crippen LogP contribution is -2.43. The average molecular weight is 451 g/mol. The Hall–Kier alpha value is -3.35. The molecule has 2 aromatic rings. The van der Waals surface area contributed by atoms with Crippen LogP contribution in [0, 0.1) is 5.41 Å². The van der Waals surface area contributed by atoms with Crippen LogP contribution in [-0.4, -0.2) is 42.3 Å². The molecule has 7 nitrogen and oxygen atoms in total. The van der Waals surface area contributed by atoms with Crippen LogP contribution >= 0.6 is 0 Å². The number of ether oxygens (including phenoxy) is 1. The molecule has 0 bridgehead atoms. The van der Waals surface area contributed by atoms with Gasteiger partial charge in [-0.15, -0.1) is 0 Å². The molecule has 1 atom stereocenters. The molecule has 0 heterocycles. The van der Waals surface area contributed by atoms with Crippen LogP contribution in [0.4, 0.5) is 4.79 Å². The molecule has 1 saturated carbocycles. The molecule has 2 aliphatic rings. The van der Waals surface area contributed by atoms with Crippen LogP contribution in [0.1, 0.15) is 56.1 Å². The predicted octanol–water partition coefficient (Wildman–Crippen LogP) is 4.06. The van der Waals surface area contributed by atoms with E-state index in [0.29, 0.717) is 25.7 Å². The Kier molecular flexibility index (Phi) is 6.67. The van der Waals surface area contributed by atoms with Crippen LogP contribution in [0.25, 0.3) is 11.1 Å². The maximum absolute atomic E-state index is 12.7. The summed E-state index contributed by atoms with van der Waals surface area (Å²) in [5.74, 6) is -0.934. The number of carboxylic acids is 1. The van der Waals surface area contributed by atoms with Gasteiger partial charge in [0.25, 0.3) is 0 Å². The smallest absolute Gasteiger partial charge is 0.407 e. The van der Waals surface area contributed by atoms with Gasteiger partial charge < -0.3 is 20.5 Å². The molecule has 1 unspecified atom stereocenters. The number of nitrogens with one attached hydrogen (secondary N) is 2. The number of carbonyl (C=O) groups is 3. The first kappa shape index (κ1) is 22.8. The number of hydrogen-bond acceptors (Lipinski definition) is 4. The molecule has 174 valence electrons. The maximum Gasteiger partial charge on any atom is 0.407 e. The molecule has 4 rings (SSSR count). The van der Waals surface area contributed by atoms with E-state index in [-0.39, 0.29) is 37.4 Å². The summed E-state index contributed by atoms with van der Waals surface area (Å²) in [6.45, 7) is 2.34. The highest BCUT2D eigenvalue weighted by molar-refractivity contribution is 5.86. The summed E-state index contributed by atoms with van der Waals surface area (Å²) < 4.78 is 5.56. The van der Waals surface area contributed by atoms with Gasteiger partial charge in [-0.1, -0.05) is 48.5 Å². The van der Waals surface area contributed by atoms with Crippen molar-refractivity contribution in [3.63, 3.8) is 0 Å². The van der Waals surface area contributed by atoms with Crippen LogP contribution in [0.5, 0.6) is 0 Å². The summed E-state index contributed by atoms with van der Waals surface area (Å²) in [5.41, 5.74) is 4.07. The SMILES string of the molecule is CC(CCCC(=O)O)NC(=O)C1(CNC(=O)OCC2c3ccccc3-c3ccccc32)CC1. The molecule has 33 heavy (non-hydrogen) atoms. The van der Waals surface area contributed by atoms with Crippen LogP contribution in [0.3, 0.4) is 0 Å². The number of amides is 2. The van der Waals surface area contributed by atoms with Crippen molar-refractivity contribution < 1.29 is 24.2 Å². The van der Waals surface area contributed by atoms with Crippen molar-refractivity contribution in [2.24, 2.45) is 5.41 Å². The Morgan fingerprint density at radius 1 is 1.06 bits per heavy atom. The molecular weight excluding hydrogens is 420 g/mol. The van der Waals surface area contributed by atoms with E-state index in [0.717, 1.165) is 11.1 Å². The van der Waals surface area contributed by atoms with E-state index in [4.69, 9.17) is 9.84 Å². The molecule has 7 heteroatoms. The number of carboxylic acid groups (broad SMARTS) is 1. The quantitative estimate of drug-likeness (QED) is 0.506. The van der Waals surface area contributed by atoms with Gasteiger partial charge in [-0.2, -0.15) is 0 Å². The van der Waals surface area contributed by atoms with Crippen LogP contribution in [0.2, 0.25) is 0 Å². The number of rotatable bonds is 10. The molecule has 2 aromatic carbocycles. The molecule has 0 aliphatic heterocycles. The summed E-state index contributed by atoms with van der Waals surface area (Å²) in [6.07, 6.45) is 2.12. The Morgan fingerprint density at radius 2 is 1.67 bits per heavy atom. The van der Waals surface area contributed by atoms with Gasteiger partial charge in [0.2, 0.25) is 5.91 Å². The second-order valence-electron chi connectivity index (χ2n) is 9.12. The number of benzene rings is 2. The van der Waals surface area contributed by atoms with Gasteiger partial charge >= 0.3 is 12.1 Å². The zero-order valence-corrected chi connectivity index (χ0v) is 18.8. The number of hydrogen-bond donors (Lipinski definition) is 3. The summed E-state index contributed by atoms with van der Waals surface area (Å²) in [5, 5.41) is 14.5. The van der Waals surface area contributed by atoms with Crippen molar-refractivity contribution in [3.8, 4) is 11.1 Å². The molecular formula is C26H30N2O5. The van der Waals surface area contributed by atoms with Gasteiger partial charge in [0, 0.05) is 24.9 Å². The van der Waals surface area contributed by atoms with Crippen molar-refractivity contribution in [2.75, 3.05) is 13.2 Å². The minimum atomic E-state index is -0.834. The first-order valence-electron chi connectivity index (χ1n) is 11.5. The Labute approximate surface area is 193 Å². The van der Waals surface area contributed by atoms with Crippen LogP contribution < -0.4 is 10.6 Å². The Bertz CT molecular complexity index is 1000. The minimum absolute atomic E-state index is 0.00649. The van der Waals surface area contributed by atoms with Crippen molar-refractivity contribution in [3.05, 3.63) is 59.7 Å². The number of alkyl carbamates (subject to hydrolysis) is 1. The zero-order chi connectivity index (χ0) is 23.4. The van der Waals surface area contributed by atoms with Gasteiger partial charge in [-0.3, -0.25) is 9.59 Å². The summed E-state index contributed by atoms with van der Waals surface area (Å²) in [4.78, 5) is 35.7. The van der Waals surface area contributed by atoms with Crippen molar-refractivity contribution >= 4 is 18.0 Å². The van der Waals surface area contributed by atoms with Gasteiger partial charge in [0.15, 0.2) is 0 Å². The van der Waals surface area contributed by atoms with Gasteiger partial charge in [0.1, 0.15) is 6.61 Å². The minimum Gasteiger partial charge on any atom is -0.481 e. The Morgan fingerprint density at radius 3 is 2.24 bits per heavy atom. The third kappa shape index (κ3) is 5.18. The molecule has 2 aliphatic carbocycles. The predicted molar refractivity (Wildman–Crippen MR) is 124 cm³/mol. The molecule has 0 saturated heterocycles. The number of carbonyl (C=O) groups excluding carboxylic acids is 2. The first-order valence-corrected chi connectivity index (χ1v) is 11.5. The van der Waals surface area contributed by atoms with E-state index < -0.39 is 17.5 Å². The molecule has 0 aromatic heterocycles. The highest BCUT2D eigenvalue weighted by atomic mass is 16.5. The van der Waals surface area contributed by atoms with Crippen molar-refractivity contribution in [2.45, 2.75) is 51.0 Å². The van der Waals surface area contributed by atoms with E-state index in [2.05, 4.69) is 34.9 Å². The number of aliphatic carboxylic acids is 1. The van der Waals surface area contributed by atoms with Crippen molar-refractivity contribution in [1.82, 2.24) is 10.6 Å². The molecule has 0 spiro atoms. The van der Waals surface area contributed by atoms with Crippen molar-refractivity contribution in [1.29, 1.82) is 0 Å². The lowest BCUT2D eigenvalue weighted by molar-refractivity contribution is -0.137. The topological polar surface area (TPSA) is 105 Å². The second kappa shape index (κ2) is 9.65. The Balaban J connectivity index is 1.26. The maximum atomic E-state index is 12.7.